The lowest BCUT2D eigenvalue weighted by molar-refractivity contribution is 0.625. The zero-order valence-electron chi connectivity index (χ0n) is 13.0. The fraction of sp³-hybridized carbons (Fsp3) is 0.136. The van der Waals surface area contributed by atoms with Gasteiger partial charge in [-0.05, 0) is 30.0 Å². The van der Waals surface area contributed by atoms with Crippen LogP contribution in [-0.4, -0.2) is 0 Å². The van der Waals surface area contributed by atoms with Crippen molar-refractivity contribution in [2.45, 2.75) is 18.8 Å². The van der Waals surface area contributed by atoms with E-state index in [1.165, 1.54) is 22.3 Å². The minimum atomic E-state index is -0.198. The molecular weight excluding hydrogens is 264 g/mol. The lowest BCUT2D eigenvalue weighted by Gasteiger charge is -2.35. The van der Waals surface area contributed by atoms with Crippen molar-refractivity contribution in [1.82, 2.24) is 0 Å². The maximum Gasteiger partial charge on any atom is 0.0451 e. The number of aryl methyl sites for hydroxylation is 1. The van der Waals surface area contributed by atoms with Gasteiger partial charge in [0.25, 0.3) is 0 Å². The highest BCUT2D eigenvalue weighted by molar-refractivity contribution is 5.50. The van der Waals surface area contributed by atoms with Gasteiger partial charge in [-0.2, -0.15) is 0 Å². The summed E-state index contributed by atoms with van der Waals surface area (Å²) in [6.45, 7) is 6.44. The molecule has 1 radical (unpaired) electrons. The van der Waals surface area contributed by atoms with E-state index < -0.39 is 0 Å². The summed E-state index contributed by atoms with van der Waals surface area (Å²) in [4.78, 5) is 0. The van der Waals surface area contributed by atoms with Gasteiger partial charge in [0.15, 0.2) is 0 Å². The maximum absolute atomic E-state index is 4.31. The molecule has 0 nitrogen and oxygen atoms in total. The standard InChI is InChI=1S/C22H21/c1-3-22(19-10-6-4-7-11-19,20-12-8-5-9-13-20)21-16-14-18(2)15-17-21/h4-17H,1,3H2,2H3. The van der Waals surface area contributed by atoms with Gasteiger partial charge in [0.2, 0.25) is 0 Å². The van der Waals surface area contributed by atoms with Gasteiger partial charge in [-0.1, -0.05) is 97.4 Å². The van der Waals surface area contributed by atoms with Crippen LogP contribution in [0.15, 0.2) is 84.9 Å². The lowest BCUT2D eigenvalue weighted by Crippen LogP contribution is -2.28. The van der Waals surface area contributed by atoms with E-state index in [9.17, 15) is 0 Å². The summed E-state index contributed by atoms with van der Waals surface area (Å²) in [5.74, 6) is 0. The Balaban J connectivity index is 2.28. The molecular formula is C22H21. The monoisotopic (exact) mass is 285 g/mol. The highest BCUT2D eigenvalue weighted by Crippen LogP contribution is 2.41. The molecule has 22 heavy (non-hydrogen) atoms. The van der Waals surface area contributed by atoms with E-state index in [-0.39, 0.29) is 5.41 Å². The van der Waals surface area contributed by atoms with Gasteiger partial charge >= 0.3 is 0 Å². The molecule has 0 aliphatic rings. The van der Waals surface area contributed by atoms with Gasteiger partial charge in [0.1, 0.15) is 0 Å². The highest BCUT2D eigenvalue weighted by atomic mass is 14.4. The molecule has 0 N–H and O–H groups in total. The molecule has 0 aromatic heterocycles. The molecule has 0 aliphatic carbocycles. The van der Waals surface area contributed by atoms with Crippen LogP contribution < -0.4 is 0 Å². The number of benzene rings is 3. The first-order valence-corrected chi connectivity index (χ1v) is 7.75. The van der Waals surface area contributed by atoms with Crippen molar-refractivity contribution in [2.24, 2.45) is 0 Å². The Kier molecular flexibility index (Phi) is 4.11. The van der Waals surface area contributed by atoms with Gasteiger partial charge in [-0.25, -0.2) is 0 Å². The summed E-state index contributed by atoms with van der Waals surface area (Å²) < 4.78 is 0. The van der Waals surface area contributed by atoms with E-state index in [0.29, 0.717) is 0 Å². The van der Waals surface area contributed by atoms with Crippen molar-refractivity contribution in [1.29, 1.82) is 0 Å². The molecule has 0 heteroatoms. The second kappa shape index (κ2) is 6.19. The largest absolute Gasteiger partial charge is 0.0622 e. The Morgan fingerprint density at radius 1 is 0.636 bits per heavy atom. The number of hydrogen-bond acceptors (Lipinski definition) is 0. The second-order valence-electron chi connectivity index (χ2n) is 5.75. The van der Waals surface area contributed by atoms with E-state index in [1.54, 1.807) is 0 Å². The molecule has 0 amide bonds. The molecule has 0 heterocycles. The normalized spacial score (nSPS) is 11.4. The van der Waals surface area contributed by atoms with Crippen molar-refractivity contribution in [2.75, 3.05) is 0 Å². The van der Waals surface area contributed by atoms with Crippen molar-refractivity contribution in [3.05, 3.63) is 114 Å². The third kappa shape index (κ3) is 2.46. The first kappa shape index (κ1) is 14.6. The van der Waals surface area contributed by atoms with Crippen LogP contribution in [0.25, 0.3) is 0 Å². The maximum atomic E-state index is 4.31. The van der Waals surface area contributed by atoms with E-state index >= 15 is 0 Å². The predicted molar refractivity (Wildman–Crippen MR) is 93.9 cm³/mol. The van der Waals surface area contributed by atoms with Crippen LogP contribution in [0.4, 0.5) is 0 Å². The Hall–Kier alpha value is -2.34. The third-order valence-corrected chi connectivity index (χ3v) is 4.45. The molecule has 3 rings (SSSR count). The SMILES string of the molecule is [CH2]CC(c1ccccc1)(c1ccccc1)c1ccc(C)cc1. The molecule has 0 unspecified atom stereocenters. The van der Waals surface area contributed by atoms with E-state index in [4.69, 9.17) is 0 Å². The number of hydrogen-bond donors (Lipinski definition) is 0. The zero-order valence-corrected chi connectivity index (χ0v) is 13.0. The Bertz CT molecular complexity index is 670. The van der Waals surface area contributed by atoms with Crippen LogP contribution in [-0.2, 0) is 5.41 Å². The molecule has 109 valence electrons. The molecule has 0 bridgehead atoms. The second-order valence-corrected chi connectivity index (χ2v) is 5.75. The van der Waals surface area contributed by atoms with Crippen molar-refractivity contribution >= 4 is 0 Å². The topological polar surface area (TPSA) is 0 Å². The molecule has 0 saturated carbocycles. The smallest absolute Gasteiger partial charge is 0.0451 e. The summed E-state index contributed by atoms with van der Waals surface area (Å²) >= 11 is 0. The van der Waals surface area contributed by atoms with Gasteiger partial charge in [-0.3, -0.25) is 0 Å². The van der Waals surface area contributed by atoms with Crippen LogP contribution in [0, 0.1) is 13.8 Å². The van der Waals surface area contributed by atoms with Crippen molar-refractivity contribution in [3.8, 4) is 0 Å². The van der Waals surface area contributed by atoms with E-state index in [0.717, 1.165) is 6.42 Å². The Labute approximate surface area is 133 Å². The van der Waals surface area contributed by atoms with E-state index in [1.807, 2.05) is 0 Å². The minimum Gasteiger partial charge on any atom is -0.0622 e. The summed E-state index contributed by atoms with van der Waals surface area (Å²) in [6.07, 6.45) is 0.782. The Morgan fingerprint density at radius 2 is 1.05 bits per heavy atom. The van der Waals surface area contributed by atoms with Crippen LogP contribution in [0.5, 0.6) is 0 Å². The Morgan fingerprint density at radius 3 is 1.45 bits per heavy atom. The first-order chi connectivity index (χ1) is 10.8. The van der Waals surface area contributed by atoms with Crippen LogP contribution >= 0.6 is 0 Å². The first-order valence-electron chi connectivity index (χ1n) is 7.75. The van der Waals surface area contributed by atoms with Crippen molar-refractivity contribution in [3.63, 3.8) is 0 Å². The molecule has 3 aromatic carbocycles. The lowest BCUT2D eigenvalue weighted by atomic mass is 9.67. The molecule has 0 fully saturated rings. The predicted octanol–water partition coefficient (Wildman–Crippen LogP) is 5.55. The van der Waals surface area contributed by atoms with Crippen LogP contribution in [0.1, 0.15) is 28.7 Å². The summed E-state index contributed by atoms with van der Waals surface area (Å²) in [7, 11) is 0. The van der Waals surface area contributed by atoms with E-state index in [2.05, 4.69) is 98.8 Å². The fourth-order valence-electron chi connectivity index (χ4n) is 3.22. The average molecular weight is 285 g/mol. The average Bonchev–Trinajstić information content (AvgIpc) is 2.59. The minimum absolute atomic E-state index is 0.198. The van der Waals surface area contributed by atoms with Gasteiger partial charge in [0.05, 0.1) is 0 Å². The summed E-state index contributed by atoms with van der Waals surface area (Å²) in [5.41, 5.74) is 4.96. The number of rotatable bonds is 4. The molecule has 0 aliphatic heterocycles. The summed E-state index contributed by atoms with van der Waals surface area (Å²) in [6, 6.07) is 30.2. The molecule has 0 atom stereocenters. The zero-order chi connectivity index (χ0) is 15.4. The van der Waals surface area contributed by atoms with Gasteiger partial charge in [-0.15, -0.1) is 0 Å². The van der Waals surface area contributed by atoms with Gasteiger partial charge in [0, 0.05) is 5.41 Å². The van der Waals surface area contributed by atoms with Crippen LogP contribution in [0.3, 0.4) is 0 Å². The summed E-state index contributed by atoms with van der Waals surface area (Å²) in [5, 5.41) is 0. The van der Waals surface area contributed by atoms with Crippen molar-refractivity contribution < 1.29 is 0 Å². The fourth-order valence-corrected chi connectivity index (χ4v) is 3.22. The van der Waals surface area contributed by atoms with Crippen LogP contribution in [0.2, 0.25) is 0 Å². The quantitative estimate of drug-likeness (QED) is 0.551. The highest BCUT2D eigenvalue weighted by Gasteiger charge is 2.34. The molecule has 0 spiro atoms. The van der Waals surface area contributed by atoms with Gasteiger partial charge < -0.3 is 0 Å². The third-order valence-electron chi connectivity index (χ3n) is 4.45. The molecule has 3 aromatic rings. The molecule has 0 saturated heterocycles.